The minimum atomic E-state index is 0.160. The zero-order valence-corrected chi connectivity index (χ0v) is 7.27. The zero-order chi connectivity index (χ0) is 7.72. The molecule has 1 aliphatic heterocycles. The van der Waals surface area contributed by atoms with Gasteiger partial charge in [-0.15, -0.1) is 0 Å². The highest BCUT2D eigenvalue weighted by Crippen LogP contribution is 2.23. The molecule has 0 radical (unpaired) electrons. The third-order valence-electron chi connectivity index (χ3n) is 1.78. The van der Waals surface area contributed by atoms with E-state index in [0.29, 0.717) is 12.5 Å². The van der Waals surface area contributed by atoms with Crippen LogP contribution in [-0.4, -0.2) is 22.2 Å². The van der Waals surface area contributed by atoms with Gasteiger partial charge in [0.2, 0.25) is 5.91 Å². The standard InChI is InChI=1S/C7H13NOS/c1-5(2)8-6(9)3-4-7(8)10/h5,7,10H,3-4H2,1-2H3/t7-/m1/s1. The maximum absolute atomic E-state index is 11.1. The van der Waals surface area contributed by atoms with E-state index < -0.39 is 0 Å². The molecular formula is C7H13NOS. The second-order valence-electron chi connectivity index (χ2n) is 2.91. The van der Waals surface area contributed by atoms with Crippen LogP contribution in [0.4, 0.5) is 0 Å². The highest BCUT2D eigenvalue weighted by Gasteiger charge is 2.29. The number of hydrogen-bond acceptors (Lipinski definition) is 2. The van der Waals surface area contributed by atoms with Gasteiger partial charge in [0.1, 0.15) is 0 Å². The number of amides is 1. The van der Waals surface area contributed by atoms with E-state index in [-0.39, 0.29) is 11.3 Å². The molecule has 1 atom stereocenters. The van der Waals surface area contributed by atoms with Crippen molar-refractivity contribution in [3.63, 3.8) is 0 Å². The van der Waals surface area contributed by atoms with Crippen LogP contribution in [0.3, 0.4) is 0 Å². The van der Waals surface area contributed by atoms with E-state index in [9.17, 15) is 4.79 Å². The van der Waals surface area contributed by atoms with Gasteiger partial charge in [0, 0.05) is 12.5 Å². The van der Waals surface area contributed by atoms with E-state index in [1.54, 1.807) is 0 Å². The Hall–Kier alpha value is -0.180. The minimum absolute atomic E-state index is 0.160. The summed E-state index contributed by atoms with van der Waals surface area (Å²) in [5, 5.41) is 0.160. The Bertz CT molecular complexity index is 147. The third-order valence-corrected chi connectivity index (χ3v) is 2.29. The van der Waals surface area contributed by atoms with Gasteiger partial charge < -0.3 is 4.90 Å². The maximum Gasteiger partial charge on any atom is 0.223 e. The molecule has 1 aliphatic rings. The van der Waals surface area contributed by atoms with Gasteiger partial charge in [0.15, 0.2) is 0 Å². The Morgan fingerprint density at radius 1 is 1.70 bits per heavy atom. The highest BCUT2D eigenvalue weighted by atomic mass is 32.1. The van der Waals surface area contributed by atoms with Gasteiger partial charge in [0.25, 0.3) is 0 Å². The number of nitrogens with zero attached hydrogens (tertiary/aromatic N) is 1. The summed E-state index contributed by atoms with van der Waals surface area (Å²) < 4.78 is 0. The Balaban J connectivity index is 2.63. The summed E-state index contributed by atoms with van der Waals surface area (Å²) in [5.74, 6) is 0.245. The molecule has 0 spiro atoms. The molecule has 0 aromatic rings. The largest absolute Gasteiger partial charge is 0.329 e. The van der Waals surface area contributed by atoms with Crippen LogP contribution in [-0.2, 0) is 4.79 Å². The van der Waals surface area contributed by atoms with Crippen molar-refractivity contribution in [1.82, 2.24) is 4.90 Å². The van der Waals surface area contributed by atoms with Crippen LogP contribution in [0, 0.1) is 0 Å². The van der Waals surface area contributed by atoms with Crippen molar-refractivity contribution in [3.8, 4) is 0 Å². The van der Waals surface area contributed by atoms with E-state index in [1.165, 1.54) is 0 Å². The van der Waals surface area contributed by atoms with Crippen molar-refractivity contribution < 1.29 is 4.79 Å². The summed E-state index contributed by atoms with van der Waals surface area (Å²) in [6, 6.07) is 0.303. The van der Waals surface area contributed by atoms with Crippen LogP contribution in [0.1, 0.15) is 26.7 Å². The number of rotatable bonds is 1. The molecule has 1 fully saturated rings. The van der Waals surface area contributed by atoms with E-state index in [2.05, 4.69) is 12.6 Å². The molecule has 58 valence electrons. The lowest BCUT2D eigenvalue weighted by Crippen LogP contribution is -2.35. The quantitative estimate of drug-likeness (QED) is 0.571. The van der Waals surface area contributed by atoms with Crippen molar-refractivity contribution in [1.29, 1.82) is 0 Å². The molecule has 10 heavy (non-hydrogen) atoms. The molecular weight excluding hydrogens is 146 g/mol. The van der Waals surface area contributed by atoms with Gasteiger partial charge in [-0.2, -0.15) is 12.6 Å². The topological polar surface area (TPSA) is 20.3 Å². The van der Waals surface area contributed by atoms with Crippen molar-refractivity contribution in [2.45, 2.75) is 38.1 Å². The summed E-state index contributed by atoms with van der Waals surface area (Å²) in [6.07, 6.45) is 1.58. The van der Waals surface area contributed by atoms with Crippen molar-refractivity contribution in [2.75, 3.05) is 0 Å². The number of likely N-dealkylation sites (tertiary alicyclic amines) is 1. The first-order chi connectivity index (χ1) is 4.63. The zero-order valence-electron chi connectivity index (χ0n) is 6.37. The van der Waals surface area contributed by atoms with Gasteiger partial charge in [-0.25, -0.2) is 0 Å². The summed E-state index contributed by atoms with van der Waals surface area (Å²) in [5.41, 5.74) is 0. The highest BCUT2D eigenvalue weighted by molar-refractivity contribution is 7.80. The van der Waals surface area contributed by atoms with Crippen LogP contribution in [0.5, 0.6) is 0 Å². The molecule has 0 aromatic heterocycles. The van der Waals surface area contributed by atoms with E-state index in [4.69, 9.17) is 0 Å². The van der Waals surface area contributed by atoms with Crippen molar-refractivity contribution in [2.24, 2.45) is 0 Å². The summed E-state index contributed by atoms with van der Waals surface area (Å²) in [4.78, 5) is 12.9. The SMILES string of the molecule is CC(C)N1C(=O)CC[C@H]1S. The van der Waals surface area contributed by atoms with E-state index in [0.717, 1.165) is 6.42 Å². The number of carbonyl (C=O) groups is 1. The average Bonchev–Trinajstić information content (AvgIpc) is 2.11. The van der Waals surface area contributed by atoms with Gasteiger partial charge in [-0.1, -0.05) is 0 Å². The molecule has 0 bridgehead atoms. The molecule has 0 N–H and O–H groups in total. The molecule has 1 saturated heterocycles. The van der Waals surface area contributed by atoms with Gasteiger partial charge in [-0.3, -0.25) is 4.79 Å². The van der Waals surface area contributed by atoms with Gasteiger partial charge in [-0.05, 0) is 20.3 Å². The fraction of sp³-hybridized carbons (Fsp3) is 0.857. The summed E-state index contributed by atoms with van der Waals surface area (Å²) in [6.45, 7) is 4.04. The smallest absolute Gasteiger partial charge is 0.223 e. The summed E-state index contributed by atoms with van der Waals surface area (Å²) >= 11 is 4.29. The predicted octanol–water partition coefficient (Wildman–Crippen LogP) is 1.27. The number of thiol groups is 1. The van der Waals surface area contributed by atoms with Gasteiger partial charge in [0.05, 0.1) is 5.37 Å². The summed E-state index contributed by atoms with van der Waals surface area (Å²) in [7, 11) is 0. The van der Waals surface area contributed by atoms with Crippen LogP contribution < -0.4 is 0 Å². The fourth-order valence-corrected chi connectivity index (χ4v) is 1.84. The first kappa shape index (κ1) is 7.92. The lowest BCUT2D eigenvalue weighted by Gasteiger charge is -2.24. The van der Waals surface area contributed by atoms with Crippen LogP contribution in [0.25, 0.3) is 0 Å². The lowest BCUT2D eigenvalue weighted by molar-refractivity contribution is -0.129. The average molecular weight is 159 g/mol. The van der Waals surface area contributed by atoms with Crippen molar-refractivity contribution >= 4 is 18.5 Å². The fourth-order valence-electron chi connectivity index (χ4n) is 1.32. The minimum Gasteiger partial charge on any atom is -0.329 e. The lowest BCUT2D eigenvalue weighted by atomic mass is 10.3. The third kappa shape index (κ3) is 1.29. The Kier molecular flexibility index (Phi) is 2.24. The number of hydrogen-bond donors (Lipinski definition) is 1. The van der Waals surface area contributed by atoms with Crippen LogP contribution in [0.2, 0.25) is 0 Å². The predicted molar refractivity (Wildman–Crippen MR) is 44.0 cm³/mol. The Labute approximate surface area is 67.0 Å². The second kappa shape index (κ2) is 2.82. The molecule has 1 heterocycles. The normalized spacial score (nSPS) is 26.6. The second-order valence-corrected chi connectivity index (χ2v) is 3.51. The molecule has 0 aromatic carbocycles. The first-order valence-corrected chi connectivity index (χ1v) is 4.14. The molecule has 1 amide bonds. The molecule has 0 unspecified atom stereocenters. The molecule has 0 aliphatic carbocycles. The number of carbonyl (C=O) groups excluding carboxylic acids is 1. The first-order valence-electron chi connectivity index (χ1n) is 3.62. The maximum atomic E-state index is 11.1. The van der Waals surface area contributed by atoms with Gasteiger partial charge >= 0.3 is 0 Å². The van der Waals surface area contributed by atoms with Crippen molar-refractivity contribution in [3.05, 3.63) is 0 Å². The Morgan fingerprint density at radius 2 is 2.30 bits per heavy atom. The monoisotopic (exact) mass is 159 g/mol. The van der Waals surface area contributed by atoms with Crippen LogP contribution >= 0.6 is 12.6 Å². The molecule has 2 nitrogen and oxygen atoms in total. The molecule has 3 heteroatoms. The Morgan fingerprint density at radius 3 is 2.50 bits per heavy atom. The van der Waals surface area contributed by atoms with E-state index in [1.807, 2.05) is 18.7 Å². The molecule has 1 rings (SSSR count). The van der Waals surface area contributed by atoms with E-state index >= 15 is 0 Å². The van der Waals surface area contributed by atoms with Crippen LogP contribution in [0.15, 0.2) is 0 Å². The molecule has 0 saturated carbocycles.